The van der Waals surface area contributed by atoms with E-state index in [1.807, 2.05) is 34.1 Å². The summed E-state index contributed by atoms with van der Waals surface area (Å²) >= 11 is 0. The van der Waals surface area contributed by atoms with Gasteiger partial charge in [-0.25, -0.2) is 4.79 Å². The van der Waals surface area contributed by atoms with Gasteiger partial charge in [0.1, 0.15) is 5.75 Å². The number of carbonyl (C=O) groups is 1. The van der Waals surface area contributed by atoms with Crippen LogP contribution >= 0.6 is 0 Å². The minimum atomic E-state index is 0.128. The smallest absolute Gasteiger partial charge is 0.324 e. The van der Waals surface area contributed by atoms with Crippen molar-refractivity contribution in [2.45, 2.75) is 12.5 Å². The molecule has 0 radical (unpaired) electrons. The molecule has 2 heterocycles. The third kappa shape index (κ3) is 2.26. The number of nitrogens with one attached hydrogen (secondary N) is 1. The normalized spacial score (nSPS) is 23.2. The fourth-order valence-corrected chi connectivity index (χ4v) is 2.80. The van der Waals surface area contributed by atoms with Gasteiger partial charge >= 0.3 is 6.03 Å². The predicted molar refractivity (Wildman–Crippen MR) is 73.7 cm³/mol. The van der Waals surface area contributed by atoms with Crippen LogP contribution < -0.4 is 15.0 Å². The highest BCUT2D eigenvalue weighted by Crippen LogP contribution is 2.25. The van der Waals surface area contributed by atoms with Crippen LogP contribution in [-0.4, -0.2) is 50.3 Å². The van der Waals surface area contributed by atoms with Crippen LogP contribution in [0.1, 0.15) is 6.42 Å². The molecule has 1 aromatic rings. The van der Waals surface area contributed by atoms with Gasteiger partial charge in [0.2, 0.25) is 0 Å². The molecule has 2 saturated heterocycles. The molecule has 1 aromatic carbocycles. The Kier molecular flexibility index (Phi) is 3.29. The molecule has 0 bridgehead atoms. The number of urea groups is 1. The van der Waals surface area contributed by atoms with Crippen molar-refractivity contribution in [1.82, 2.24) is 10.2 Å². The quantitative estimate of drug-likeness (QED) is 0.872. The molecule has 5 heteroatoms. The first-order chi connectivity index (χ1) is 9.29. The zero-order valence-electron chi connectivity index (χ0n) is 11.1. The van der Waals surface area contributed by atoms with Crippen LogP contribution in [0.2, 0.25) is 0 Å². The average Bonchev–Trinajstić information content (AvgIpc) is 2.48. The summed E-state index contributed by atoms with van der Waals surface area (Å²) in [6.45, 7) is 3.39. The predicted octanol–water partition coefficient (Wildman–Crippen LogP) is 1.30. The van der Waals surface area contributed by atoms with Gasteiger partial charge < -0.3 is 15.0 Å². The van der Waals surface area contributed by atoms with Crippen molar-refractivity contribution in [2.75, 3.05) is 38.2 Å². The van der Waals surface area contributed by atoms with Crippen LogP contribution in [0.15, 0.2) is 24.3 Å². The molecule has 102 valence electrons. The number of hydrogen-bond donors (Lipinski definition) is 1. The molecular formula is C14H19N3O2. The van der Waals surface area contributed by atoms with E-state index >= 15 is 0 Å². The molecule has 2 aliphatic rings. The van der Waals surface area contributed by atoms with Gasteiger partial charge in [0.15, 0.2) is 0 Å². The topological polar surface area (TPSA) is 44.8 Å². The monoisotopic (exact) mass is 261 g/mol. The summed E-state index contributed by atoms with van der Waals surface area (Å²) in [5, 5.41) is 3.35. The Morgan fingerprint density at radius 2 is 2.05 bits per heavy atom. The number of benzene rings is 1. The fourth-order valence-electron chi connectivity index (χ4n) is 2.80. The first-order valence-corrected chi connectivity index (χ1v) is 6.72. The van der Waals surface area contributed by atoms with E-state index in [1.165, 1.54) is 0 Å². The summed E-state index contributed by atoms with van der Waals surface area (Å²) in [6, 6.07) is 8.16. The van der Waals surface area contributed by atoms with Crippen molar-refractivity contribution >= 4 is 11.7 Å². The summed E-state index contributed by atoms with van der Waals surface area (Å²) in [6.07, 6.45) is 1.02. The zero-order valence-corrected chi connectivity index (χ0v) is 11.1. The minimum Gasteiger partial charge on any atom is -0.497 e. The molecule has 2 aliphatic heterocycles. The van der Waals surface area contributed by atoms with Crippen LogP contribution in [0.25, 0.3) is 0 Å². The number of rotatable bonds is 2. The van der Waals surface area contributed by atoms with Crippen molar-refractivity contribution in [3.63, 3.8) is 0 Å². The second-order valence-electron chi connectivity index (χ2n) is 4.97. The molecule has 1 atom stereocenters. The van der Waals surface area contributed by atoms with Gasteiger partial charge in [0, 0.05) is 37.9 Å². The van der Waals surface area contributed by atoms with Crippen LogP contribution in [0, 0.1) is 0 Å². The van der Waals surface area contributed by atoms with Crippen LogP contribution in [-0.2, 0) is 0 Å². The van der Waals surface area contributed by atoms with Gasteiger partial charge in [-0.2, -0.15) is 0 Å². The number of carbonyl (C=O) groups excluding carboxylic acids is 1. The molecule has 2 fully saturated rings. The lowest BCUT2D eigenvalue weighted by Gasteiger charge is -2.44. The maximum Gasteiger partial charge on any atom is 0.324 e. The molecule has 0 spiro atoms. The second-order valence-corrected chi connectivity index (χ2v) is 4.97. The van der Waals surface area contributed by atoms with E-state index in [0.29, 0.717) is 6.04 Å². The molecular weight excluding hydrogens is 242 g/mol. The summed E-state index contributed by atoms with van der Waals surface area (Å²) in [4.78, 5) is 16.4. The third-order valence-electron chi connectivity index (χ3n) is 3.90. The van der Waals surface area contributed by atoms with E-state index < -0.39 is 0 Å². The van der Waals surface area contributed by atoms with Crippen molar-refractivity contribution in [3.05, 3.63) is 24.3 Å². The lowest BCUT2D eigenvalue weighted by Crippen LogP contribution is -2.61. The summed E-state index contributed by atoms with van der Waals surface area (Å²) < 4.78 is 5.15. The maximum atomic E-state index is 12.5. The molecule has 0 saturated carbocycles. The number of hydrogen-bond acceptors (Lipinski definition) is 3. The van der Waals surface area contributed by atoms with Gasteiger partial charge in [0.25, 0.3) is 0 Å². The zero-order chi connectivity index (χ0) is 13.2. The van der Waals surface area contributed by atoms with Crippen molar-refractivity contribution in [3.8, 4) is 5.75 Å². The molecule has 2 amide bonds. The van der Waals surface area contributed by atoms with E-state index in [-0.39, 0.29) is 6.03 Å². The number of methoxy groups -OCH3 is 1. The van der Waals surface area contributed by atoms with Gasteiger partial charge in [0.05, 0.1) is 7.11 Å². The SMILES string of the molecule is COc1ccc(N2CCC3CNCCN3C2=O)cc1. The van der Waals surface area contributed by atoms with Crippen molar-refractivity contribution in [1.29, 1.82) is 0 Å². The van der Waals surface area contributed by atoms with Crippen LogP contribution in [0.4, 0.5) is 10.5 Å². The maximum absolute atomic E-state index is 12.5. The molecule has 0 aliphatic carbocycles. The lowest BCUT2D eigenvalue weighted by molar-refractivity contribution is 0.147. The van der Waals surface area contributed by atoms with Gasteiger partial charge in [-0.3, -0.25) is 4.90 Å². The number of piperazine rings is 1. The number of amides is 2. The molecule has 0 aromatic heterocycles. The number of nitrogens with zero attached hydrogens (tertiary/aromatic N) is 2. The lowest BCUT2D eigenvalue weighted by atomic mass is 10.1. The highest BCUT2D eigenvalue weighted by Gasteiger charge is 2.35. The first-order valence-electron chi connectivity index (χ1n) is 6.72. The number of ether oxygens (including phenoxy) is 1. The molecule has 3 rings (SSSR count). The Morgan fingerprint density at radius 1 is 1.26 bits per heavy atom. The first kappa shape index (κ1) is 12.3. The van der Waals surface area contributed by atoms with Crippen LogP contribution in [0.3, 0.4) is 0 Å². The largest absolute Gasteiger partial charge is 0.497 e. The second kappa shape index (κ2) is 5.09. The van der Waals surface area contributed by atoms with E-state index in [0.717, 1.165) is 44.0 Å². The Morgan fingerprint density at radius 3 is 2.79 bits per heavy atom. The summed E-state index contributed by atoms with van der Waals surface area (Å²) in [5.74, 6) is 0.813. The van der Waals surface area contributed by atoms with Gasteiger partial charge in [-0.05, 0) is 30.7 Å². The Balaban J connectivity index is 1.79. The third-order valence-corrected chi connectivity index (χ3v) is 3.90. The number of anilines is 1. The Hall–Kier alpha value is -1.75. The summed E-state index contributed by atoms with van der Waals surface area (Å²) in [7, 11) is 1.65. The van der Waals surface area contributed by atoms with Gasteiger partial charge in [-0.1, -0.05) is 0 Å². The van der Waals surface area contributed by atoms with Crippen LogP contribution in [0.5, 0.6) is 5.75 Å². The van der Waals surface area contributed by atoms with Crippen molar-refractivity contribution < 1.29 is 9.53 Å². The average molecular weight is 261 g/mol. The van der Waals surface area contributed by atoms with Crippen molar-refractivity contribution in [2.24, 2.45) is 0 Å². The molecule has 1 unspecified atom stereocenters. The highest BCUT2D eigenvalue weighted by molar-refractivity contribution is 5.93. The fraction of sp³-hybridized carbons (Fsp3) is 0.500. The highest BCUT2D eigenvalue weighted by atomic mass is 16.5. The van der Waals surface area contributed by atoms with Gasteiger partial charge in [-0.15, -0.1) is 0 Å². The molecule has 19 heavy (non-hydrogen) atoms. The van der Waals surface area contributed by atoms with E-state index in [1.54, 1.807) is 7.11 Å². The number of fused-ring (bicyclic) bond motifs is 1. The molecule has 1 N–H and O–H groups in total. The Labute approximate surface area is 113 Å². The molecule has 5 nitrogen and oxygen atoms in total. The standard InChI is InChI=1S/C14H19N3O2/c1-19-13-4-2-11(3-5-13)16-8-6-12-10-15-7-9-17(12)14(16)18/h2-5,12,15H,6-10H2,1H3. The van der Waals surface area contributed by atoms with E-state index in [9.17, 15) is 4.79 Å². The van der Waals surface area contributed by atoms with E-state index in [2.05, 4.69) is 5.32 Å². The van der Waals surface area contributed by atoms with E-state index in [4.69, 9.17) is 4.74 Å². The minimum absolute atomic E-state index is 0.128. The Bertz CT molecular complexity index is 460. The summed E-state index contributed by atoms with van der Waals surface area (Å²) in [5.41, 5.74) is 0.947.